The maximum Gasteiger partial charge on any atom is 1.00 e. The van der Waals surface area contributed by atoms with Crippen LogP contribution in [0.1, 0.15) is 0 Å². The van der Waals surface area contributed by atoms with Crippen molar-refractivity contribution >= 4 is 34.6 Å². The molecule has 1 unspecified atom stereocenters. The Labute approximate surface area is 163 Å². The quantitative estimate of drug-likeness (QED) is 0.259. The normalized spacial score (nSPS) is 13.5. The van der Waals surface area contributed by atoms with E-state index in [1.807, 2.05) is 4.72 Å². The molecule has 1 aromatic carbocycles. The average Bonchev–Trinajstić information content (AvgIpc) is 3.01. The smallest absolute Gasteiger partial charge is 0.768 e. The number of rotatable bonds is 7. The van der Waals surface area contributed by atoms with Crippen LogP contribution in [0.3, 0.4) is 0 Å². The van der Waals surface area contributed by atoms with Crippen molar-refractivity contribution in [3.63, 3.8) is 0 Å². The molecule has 9 nitrogen and oxygen atoms in total. The second-order valence-electron chi connectivity index (χ2n) is 4.22. The van der Waals surface area contributed by atoms with E-state index in [0.717, 1.165) is 35.6 Å². The van der Waals surface area contributed by atoms with Gasteiger partial charge in [0.05, 0.1) is 16.1 Å². The summed E-state index contributed by atoms with van der Waals surface area (Å²) in [5.41, 5.74) is -0.226. The van der Waals surface area contributed by atoms with Gasteiger partial charge in [-0.05, 0) is 23.6 Å². The van der Waals surface area contributed by atoms with E-state index in [0.29, 0.717) is 0 Å². The molecule has 0 fully saturated rings. The van der Waals surface area contributed by atoms with Crippen LogP contribution >= 0.6 is 18.9 Å². The van der Waals surface area contributed by atoms with Crippen molar-refractivity contribution in [1.29, 1.82) is 0 Å². The molecule has 0 spiro atoms. The summed E-state index contributed by atoms with van der Waals surface area (Å²) in [4.78, 5) is 21.6. The van der Waals surface area contributed by atoms with Crippen molar-refractivity contribution < 1.29 is 56.9 Å². The summed E-state index contributed by atoms with van der Waals surface area (Å²) in [6.45, 7) is 0. The summed E-state index contributed by atoms with van der Waals surface area (Å²) in [6, 6.07) is 5.70. The third-order valence-corrected chi connectivity index (χ3v) is 6.03. The monoisotopic (exact) mass is 400 g/mol. The number of benzene rings is 1. The Morgan fingerprint density at radius 1 is 1.25 bits per heavy atom. The molecule has 2 rings (SSSR count). The summed E-state index contributed by atoms with van der Waals surface area (Å²) in [5, 5.41) is 13.4. The van der Waals surface area contributed by atoms with Crippen LogP contribution in [-0.4, -0.2) is 19.6 Å². The predicted molar refractivity (Wildman–Crippen MR) is 80.8 cm³/mol. The predicted octanol–water partition coefficient (Wildman–Crippen LogP) is -1.47. The molecule has 13 heteroatoms. The number of hydrogen-bond acceptors (Lipinski definition) is 8. The number of nitro benzene ring substituents is 1. The minimum absolute atomic E-state index is 0. The fourth-order valence-corrected chi connectivity index (χ4v) is 4.98. The number of hydrogen-bond donors (Lipinski definition) is 1. The Balaban J connectivity index is 0.00000288. The maximum atomic E-state index is 11.8. The van der Waals surface area contributed by atoms with E-state index in [4.69, 9.17) is 4.52 Å². The first-order chi connectivity index (χ1) is 10.7. The minimum Gasteiger partial charge on any atom is -0.768 e. The molecule has 0 saturated carbocycles. The standard InChI is InChI=1S/C11H11N2O7PS2.Na/c14-13(15)9-1-3-10(4-2-9)20-21(16,17)8-12-23(18,19)11-5-6-22-7-11;/h1-7,12H,8H2,(H,16,17);/q;+1/p-1. The number of nitrogens with zero attached hydrogens (tertiary/aromatic N) is 1. The van der Waals surface area contributed by atoms with Gasteiger partial charge in [0.2, 0.25) is 10.0 Å². The van der Waals surface area contributed by atoms with Crippen molar-refractivity contribution in [3.05, 3.63) is 51.2 Å². The van der Waals surface area contributed by atoms with Crippen molar-refractivity contribution in [2.24, 2.45) is 0 Å². The molecular formula is C11H10N2NaO7PS2. The Morgan fingerprint density at radius 2 is 1.88 bits per heavy atom. The topological polar surface area (TPSA) is 139 Å². The first kappa shape index (κ1) is 21.3. The number of thiophene rings is 1. The van der Waals surface area contributed by atoms with Crippen LogP contribution in [-0.2, 0) is 14.6 Å². The summed E-state index contributed by atoms with van der Waals surface area (Å²) in [5.74, 6) is -0.149. The molecule has 0 radical (unpaired) electrons. The van der Waals surface area contributed by atoms with Crippen molar-refractivity contribution in [2.75, 3.05) is 6.29 Å². The molecule has 0 aliphatic carbocycles. The van der Waals surface area contributed by atoms with E-state index in [9.17, 15) is 28.0 Å². The van der Waals surface area contributed by atoms with E-state index in [2.05, 4.69) is 0 Å². The molecule has 2 aromatic rings. The van der Waals surface area contributed by atoms with Gasteiger partial charge in [-0.15, -0.1) is 0 Å². The fourth-order valence-electron chi connectivity index (χ4n) is 1.47. The van der Waals surface area contributed by atoms with Gasteiger partial charge in [-0.1, -0.05) is 0 Å². The molecule has 1 heterocycles. The zero-order valence-corrected chi connectivity index (χ0v) is 16.8. The van der Waals surface area contributed by atoms with Crippen LogP contribution in [0.5, 0.6) is 5.75 Å². The summed E-state index contributed by atoms with van der Waals surface area (Å²) in [6.07, 6.45) is -0.942. The molecule has 0 aliphatic rings. The van der Waals surface area contributed by atoms with E-state index in [1.165, 1.54) is 11.4 Å². The number of sulfonamides is 1. The molecule has 124 valence electrons. The van der Waals surface area contributed by atoms with Gasteiger partial charge in [-0.3, -0.25) is 14.7 Å². The third kappa shape index (κ3) is 5.94. The van der Waals surface area contributed by atoms with Gasteiger partial charge in [-0.2, -0.15) is 11.3 Å². The summed E-state index contributed by atoms with van der Waals surface area (Å²) < 4.78 is 42.0. The van der Waals surface area contributed by atoms with Gasteiger partial charge in [0, 0.05) is 17.5 Å². The molecule has 1 atom stereocenters. The summed E-state index contributed by atoms with van der Waals surface area (Å²) in [7, 11) is -8.50. The third-order valence-electron chi connectivity index (χ3n) is 2.55. The molecule has 0 saturated heterocycles. The van der Waals surface area contributed by atoms with Crippen LogP contribution in [0.15, 0.2) is 46.0 Å². The van der Waals surface area contributed by atoms with Gasteiger partial charge in [0.1, 0.15) is 5.75 Å². The molecule has 0 aliphatic heterocycles. The van der Waals surface area contributed by atoms with Gasteiger partial charge >= 0.3 is 29.6 Å². The van der Waals surface area contributed by atoms with Gasteiger partial charge in [0.15, 0.2) is 7.60 Å². The molecular weight excluding hydrogens is 390 g/mol. The first-order valence-corrected chi connectivity index (χ1v) is 10.1. The molecule has 0 bridgehead atoms. The zero-order chi connectivity index (χ0) is 17.1. The van der Waals surface area contributed by atoms with Gasteiger partial charge in [-0.25, -0.2) is 13.1 Å². The maximum absolute atomic E-state index is 11.8. The second kappa shape index (κ2) is 8.54. The number of nitro groups is 1. The Hall–Kier alpha value is -0.780. The van der Waals surface area contributed by atoms with E-state index in [1.54, 1.807) is 5.38 Å². The van der Waals surface area contributed by atoms with Crippen LogP contribution in [0.4, 0.5) is 5.69 Å². The average molecular weight is 400 g/mol. The SMILES string of the molecule is O=[N+]([O-])c1ccc(OP(=O)([O-])CNS(=O)(=O)c2ccsc2)cc1.[Na+]. The fraction of sp³-hybridized carbons (Fsp3) is 0.0909. The van der Waals surface area contributed by atoms with Crippen LogP contribution in [0, 0.1) is 10.1 Å². The minimum atomic E-state index is -4.56. The second-order valence-corrected chi connectivity index (χ2v) is 8.49. The molecule has 1 N–H and O–H groups in total. The Kier molecular flexibility index (Phi) is 7.57. The van der Waals surface area contributed by atoms with E-state index in [-0.39, 0.29) is 45.9 Å². The van der Waals surface area contributed by atoms with Crippen molar-refractivity contribution in [1.82, 2.24) is 4.72 Å². The first-order valence-electron chi connectivity index (χ1n) is 5.96. The summed E-state index contributed by atoms with van der Waals surface area (Å²) >= 11 is 1.15. The van der Waals surface area contributed by atoms with Crippen molar-refractivity contribution in [2.45, 2.75) is 4.90 Å². The largest absolute Gasteiger partial charge is 1.00 e. The van der Waals surface area contributed by atoms with E-state index < -0.39 is 28.8 Å². The molecule has 24 heavy (non-hydrogen) atoms. The van der Waals surface area contributed by atoms with Crippen molar-refractivity contribution in [3.8, 4) is 5.75 Å². The Bertz CT molecular complexity index is 840. The van der Waals surface area contributed by atoms with E-state index >= 15 is 0 Å². The zero-order valence-electron chi connectivity index (χ0n) is 12.3. The number of non-ortho nitro benzene ring substituents is 1. The van der Waals surface area contributed by atoms with Gasteiger partial charge in [0.25, 0.3) is 5.69 Å². The molecule has 1 aromatic heterocycles. The van der Waals surface area contributed by atoms with Crippen LogP contribution in [0.25, 0.3) is 0 Å². The Morgan fingerprint density at radius 3 is 2.38 bits per heavy atom. The van der Waals surface area contributed by atoms with Gasteiger partial charge < -0.3 is 9.42 Å². The molecule has 0 amide bonds. The van der Waals surface area contributed by atoms with Crippen LogP contribution < -0.4 is 43.7 Å². The number of nitrogens with one attached hydrogen (secondary N) is 1. The van der Waals surface area contributed by atoms with Crippen LogP contribution in [0.2, 0.25) is 0 Å².